The maximum absolute atomic E-state index is 14.6. The Balaban J connectivity index is 1.68. The minimum atomic E-state index is -5.80. The number of hydrogen-bond acceptors (Lipinski definition) is 3. The van der Waals surface area contributed by atoms with Gasteiger partial charge in [-0.2, -0.15) is 22.0 Å². The third-order valence-corrected chi connectivity index (χ3v) is 9.04. The number of carbonyl (C=O) groups is 2. The highest BCUT2D eigenvalue weighted by Crippen LogP contribution is 2.70. The van der Waals surface area contributed by atoms with Gasteiger partial charge in [-0.25, -0.2) is 0 Å². The molecule has 164 valence electrons. The van der Waals surface area contributed by atoms with E-state index in [0.29, 0.717) is 25.7 Å². The van der Waals surface area contributed by atoms with E-state index in [-0.39, 0.29) is 60.9 Å². The molecule has 7 atom stereocenters. The number of hydrogen-bond donors (Lipinski definition) is 1. The van der Waals surface area contributed by atoms with Crippen LogP contribution in [0.3, 0.4) is 0 Å². The number of Topliss-reactive ketones (excluding diaryl/α,β-unsaturated/α-hetero) is 2. The van der Waals surface area contributed by atoms with Crippen molar-refractivity contribution < 1.29 is 36.6 Å². The van der Waals surface area contributed by atoms with Crippen molar-refractivity contribution in [2.45, 2.75) is 82.4 Å². The topological polar surface area (TPSA) is 54.4 Å². The number of rotatable bonds is 2. The monoisotopic (exact) mass is 422 g/mol. The van der Waals surface area contributed by atoms with Crippen LogP contribution >= 0.6 is 0 Å². The van der Waals surface area contributed by atoms with Gasteiger partial charge in [-0.15, -0.1) is 0 Å². The van der Waals surface area contributed by atoms with Crippen molar-refractivity contribution in [3.63, 3.8) is 0 Å². The van der Waals surface area contributed by atoms with Gasteiger partial charge in [0.1, 0.15) is 5.60 Å². The van der Waals surface area contributed by atoms with Crippen molar-refractivity contribution in [1.82, 2.24) is 0 Å². The number of alkyl halides is 5. The molecule has 0 amide bonds. The average molecular weight is 422 g/mol. The summed E-state index contributed by atoms with van der Waals surface area (Å²) in [5.74, 6) is -6.61. The smallest absolute Gasteiger partial charge is 0.383 e. The SMILES string of the molecule is CCC12CC[C@H]3[C@@H](CCC4C(=O)C(=O)CC[C@@H]43)[C@@H]1CCC2(O)C(F)(F)C(F)(F)F. The first kappa shape index (κ1) is 21.2. The maximum Gasteiger partial charge on any atom is 0.456 e. The van der Waals surface area contributed by atoms with Crippen LogP contribution in [0, 0.1) is 35.0 Å². The van der Waals surface area contributed by atoms with Gasteiger partial charge in [-0.1, -0.05) is 6.92 Å². The van der Waals surface area contributed by atoms with Crippen LogP contribution < -0.4 is 0 Å². The second-order valence-electron chi connectivity index (χ2n) is 9.63. The molecule has 29 heavy (non-hydrogen) atoms. The van der Waals surface area contributed by atoms with Crippen molar-refractivity contribution in [3.05, 3.63) is 0 Å². The standard InChI is InChI=1S/C21H27F5O3/c1-2-18-9-7-12-11-5-6-16(27)17(28)14(11)4-3-13(12)15(18)8-10-19(18,29)20(22,23)21(24,25)26/h11-15,29H,2-10H2,1H3/t11-,12-,13-,14?,15+,18?,19?/m1/s1. The Labute approximate surface area is 166 Å². The fraction of sp³-hybridized carbons (Fsp3) is 0.905. The molecule has 3 nitrogen and oxygen atoms in total. The van der Waals surface area contributed by atoms with Crippen molar-refractivity contribution in [2.24, 2.45) is 35.0 Å². The van der Waals surface area contributed by atoms with Gasteiger partial charge in [0.15, 0.2) is 5.78 Å². The minimum absolute atomic E-state index is 0.00521. The van der Waals surface area contributed by atoms with E-state index in [9.17, 15) is 36.6 Å². The van der Waals surface area contributed by atoms with E-state index < -0.39 is 35.5 Å². The van der Waals surface area contributed by atoms with Gasteiger partial charge < -0.3 is 5.11 Å². The minimum Gasteiger partial charge on any atom is -0.383 e. The summed E-state index contributed by atoms with van der Waals surface area (Å²) in [5, 5.41) is 10.9. The van der Waals surface area contributed by atoms with Crippen LogP contribution in [0.4, 0.5) is 22.0 Å². The number of aliphatic hydroxyl groups is 1. The van der Waals surface area contributed by atoms with Gasteiger partial charge in [0, 0.05) is 17.8 Å². The third kappa shape index (κ3) is 2.56. The molecular formula is C21H27F5O3. The summed E-state index contributed by atoms with van der Waals surface area (Å²) in [5.41, 5.74) is -4.58. The summed E-state index contributed by atoms with van der Waals surface area (Å²) < 4.78 is 68.9. The van der Waals surface area contributed by atoms with Crippen molar-refractivity contribution >= 4 is 11.6 Å². The lowest BCUT2D eigenvalue weighted by Gasteiger charge is -2.58. The van der Waals surface area contributed by atoms with E-state index in [2.05, 4.69) is 0 Å². The molecule has 0 radical (unpaired) electrons. The molecule has 4 aliphatic carbocycles. The fourth-order valence-electron chi connectivity index (χ4n) is 7.78. The van der Waals surface area contributed by atoms with Gasteiger partial charge in [0.25, 0.3) is 0 Å². The van der Waals surface area contributed by atoms with Gasteiger partial charge in [-0.05, 0) is 75.0 Å². The Morgan fingerprint density at radius 1 is 0.931 bits per heavy atom. The molecular weight excluding hydrogens is 395 g/mol. The van der Waals surface area contributed by atoms with E-state index >= 15 is 0 Å². The van der Waals surface area contributed by atoms with Crippen LogP contribution in [0.25, 0.3) is 0 Å². The molecule has 1 N–H and O–H groups in total. The summed E-state index contributed by atoms with van der Waals surface area (Å²) in [6.07, 6.45) is -3.82. The Kier molecular flexibility index (Phi) is 4.73. The first-order chi connectivity index (χ1) is 13.4. The second-order valence-corrected chi connectivity index (χ2v) is 9.63. The molecule has 8 heteroatoms. The Hall–Kier alpha value is -1.05. The third-order valence-electron chi connectivity index (χ3n) is 9.04. The molecule has 0 aromatic heterocycles. The van der Waals surface area contributed by atoms with E-state index in [1.807, 2.05) is 0 Å². The van der Waals surface area contributed by atoms with E-state index in [0.717, 1.165) is 0 Å². The lowest BCUT2D eigenvalue weighted by molar-refractivity contribution is -0.365. The summed E-state index contributed by atoms with van der Waals surface area (Å²) in [6, 6.07) is 0. The van der Waals surface area contributed by atoms with E-state index in [1.165, 1.54) is 0 Å². The number of ketones is 2. The highest BCUT2D eigenvalue weighted by molar-refractivity contribution is 6.38. The predicted molar refractivity (Wildman–Crippen MR) is 93.1 cm³/mol. The summed E-state index contributed by atoms with van der Waals surface area (Å²) in [7, 11) is 0. The zero-order valence-corrected chi connectivity index (χ0v) is 16.4. The summed E-state index contributed by atoms with van der Waals surface area (Å²) >= 11 is 0. The average Bonchev–Trinajstić information content (AvgIpc) is 2.98. The van der Waals surface area contributed by atoms with Crippen molar-refractivity contribution in [1.29, 1.82) is 0 Å². The van der Waals surface area contributed by atoms with Gasteiger partial charge in [-0.3, -0.25) is 9.59 Å². The van der Waals surface area contributed by atoms with Crippen LogP contribution in [0.2, 0.25) is 0 Å². The van der Waals surface area contributed by atoms with E-state index in [4.69, 9.17) is 0 Å². The fourth-order valence-corrected chi connectivity index (χ4v) is 7.78. The quantitative estimate of drug-likeness (QED) is 0.518. The lowest BCUT2D eigenvalue weighted by atomic mass is 9.47. The first-order valence-electron chi connectivity index (χ1n) is 10.7. The normalized spacial score (nSPS) is 45.6. The van der Waals surface area contributed by atoms with Gasteiger partial charge >= 0.3 is 12.1 Å². The molecule has 4 aliphatic rings. The zero-order valence-electron chi connectivity index (χ0n) is 16.4. The molecule has 0 heterocycles. The van der Waals surface area contributed by atoms with Crippen LogP contribution in [0.5, 0.6) is 0 Å². The van der Waals surface area contributed by atoms with Crippen LogP contribution in [-0.4, -0.2) is 34.4 Å². The Morgan fingerprint density at radius 2 is 1.62 bits per heavy atom. The van der Waals surface area contributed by atoms with Crippen LogP contribution in [0.1, 0.15) is 64.7 Å². The summed E-state index contributed by atoms with van der Waals surface area (Å²) in [6.45, 7) is 1.60. The highest BCUT2D eigenvalue weighted by atomic mass is 19.4. The largest absolute Gasteiger partial charge is 0.456 e. The first-order valence-corrected chi connectivity index (χ1v) is 10.7. The second kappa shape index (κ2) is 6.47. The molecule has 0 saturated heterocycles. The number of fused-ring (bicyclic) bond motifs is 5. The van der Waals surface area contributed by atoms with Crippen LogP contribution in [-0.2, 0) is 9.59 Å². The highest BCUT2D eigenvalue weighted by Gasteiger charge is 2.79. The molecule has 0 bridgehead atoms. The molecule has 4 rings (SSSR count). The van der Waals surface area contributed by atoms with Crippen LogP contribution in [0.15, 0.2) is 0 Å². The Bertz CT molecular complexity index is 720. The van der Waals surface area contributed by atoms with Gasteiger partial charge in [0.2, 0.25) is 5.78 Å². The zero-order chi connectivity index (χ0) is 21.4. The van der Waals surface area contributed by atoms with Crippen molar-refractivity contribution in [2.75, 3.05) is 0 Å². The molecule has 4 fully saturated rings. The van der Waals surface area contributed by atoms with E-state index in [1.54, 1.807) is 6.92 Å². The number of halogens is 5. The summed E-state index contributed by atoms with van der Waals surface area (Å²) in [4.78, 5) is 24.1. The molecule has 0 aliphatic heterocycles. The lowest BCUT2D eigenvalue weighted by Crippen LogP contribution is -2.66. The molecule has 4 saturated carbocycles. The molecule has 0 spiro atoms. The maximum atomic E-state index is 14.6. The molecule has 0 aromatic carbocycles. The molecule has 3 unspecified atom stereocenters. The number of carbonyl (C=O) groups excluding carboxylic acids is 2. The van der Waals surface area contributed by atoms with Gasteiger partial charge in [0.05, 0.1) is 0 Å². The molecule has 0 aromatic rings. The Morgan fingerprint density at radius 3 is 2.24 bits per heavy atom. The van der Waals surface area contributed by atoms with Crippen molar-refractivity contribution in [3.8, 4) is 0 Å². The predicted octanol–water partition coefficient (Wildman–Crippen LogP) is 4.71.